The molecule has 2 atom stereocenters. The average Bonchev–Trinajstić information content (AvgIpc) is 3.18. The Labute approximate surface area is 173 Å². The van der Waals surface area contributed by atoms with Crippen LogP contribution in [0, 0.1) is 5.41 Å². The molecular formula is C24H31N3O2. The molecule has 0 unspecified atom stereocenters. The van der Waals surface area contributed by atoms with Crippen LogP contribution in [-0.4, -0.2) is 37.8 Å². The number of rotatable bonds is 4. The topological polar surface area (TPSA) is 44.8 Å². The summed E-state index contributed by atoms with van der Waals surface area (Å²) < 4.78 is 5.66. The van der Waals surface area contributed by atoms with E-state index in [2.05, 4.69) is 62.1 Å². The molecule has 2 aromatic carbocycles. The zero-order valence-corrected chi connectivity index (χ0v) is 18.0. The molecule has 0 aliphatic carbocycles. The van der Waals surface area contributed by atoms with Gasteiger partial charge in [-0.2, -0.15) is 0 Å². The Morgan fingerprint density at radius 3 is 2.62 bits per heavy atom. The van der Waals surface area contributed by atoms with Gasteiger partial charge >= 0.3 is 6.09 Å². The first-order chi connectivity index (χ1) is 13.8. The largest absolute Gasteiger partial charge is 0.417 e. The number of hydrogen-bond acceptors (Lipinski definition) is 4. The summed E-state index contributed by atoms with van der Waals surface area (Å²) in [5, 5.41) is 2.79. The lowest BCUT2D eigenvalue weighted by Gasteiger charge is -2.46. The van der Waals surface area contributed by atoms with E-state index in [0.717, 1.165) is 25.1 Å². The number of anilines is 2. The SMILES string of the molecule is CCC(C)(C)[C@@]12CCN(C)[C@@H]1N(C)c1ccc(OC(=O)Nc3ccccc3)cc12. The van der Waals surface area contributed by atoms with Crippen molar-refractivity contribution in [2.45, 2.75) is 45.2 Å². The molecule has 1 N–H and O–H groups in total. The highest BCUT2D eigenvalue weighted by Crippen LogP contribution is 2.61. The number of fused-ring (bicyclic) bond motifs is 3. The second-order valence-corrected chi connectivity index (χ2v) is 8.98. The van der Waals surface area contributed by atoms with Crippen molar-refractivity contribution in [3.8, 4) is 5.75 Å². The molecule has 0 aromatic heterocycles. The van der Waals surface area contributed by atoms with E-state index in [1.807, 2.05) is 36.4 Å². The third-order valence-electron chi connectivity index (χ3n) is 7.23. The number of ether oxygens (including phenoxy) is 1. The Kier molecular flexibility index (Phi) is 4.82. The summed E-state index contributed by atoms with van der Waals surface area (Å²) in [7, 11) is 4.40. The molecule has 5 nitrogen and oxygen atoms in total. The molecule has 1 amide bonds. The maximum absolute atomic E-state index is 12.4. The molecule has 4 rings (SSSR count). The molecule has 2 aromatic rings. The van der Waals surface area contributed by atoms with Crippen LogP contribution in [0.25, 0.3) is 0 Å². The van der Waals surface area contributed by atoms with Crippen LogP contribution in [0.2, 0.25) is 0 Å². The second-order valence-electron chi connectivity index (χ2n) is 8.98. The van der Waals surface area contributed by atoms with Gasteiger partial charge in [0.05, 0.1) is 6.17 Å². The fourth-order valence-electron chi connectivity index (χ4n) is 5.40. The normalized spacial score (nSPS) is 23.6. The first-order valence-corrected chi connectivity index (χ1v) is 10.4. The molecule has 5 heteroatoms. The lowest BCUT2D eigenvalue weighted by molar-refractivity contribution is 0.115. The Balaban J connectivity index is 1.68. The van der Waals surface area contributed by atoms with Gasteiger partial charge in [0.2, 0.25) is 0 Å². The fourth-order valence-corrected chi connectivity index (χ4v) is 5.40. The van der Waals surface area contributed by atoms with Crippen molar-refractivity contribution >= 4 is 17.5 Å². The Bertz CT molecular complexity index is 912. The molecule has 0 spiro atoms. The van der Waals surface area contributed by atoms with Gasteiger partial charge in [0.1, 0.15) is 5.75 Å². The van der Waals surface area contributed by atoms with Crippen molar-refractivity contribution in [3.63, 3.8) is 0 Å². The zero-order chi connectivity index (χ0) is 20.8. The predicted octanol–water partition coefficient (Wildman–Crippen LogP) is 5.08. The number of likely N-dealkylation sites (tertiary alicyclic amines) is 1. The van der Waals surface area contributed by atoms with Crippen LogP contribution in [0.15, 0.2) is 48.5 Å². The summed E-state index contributed by atoms with van der Waals surface area (Å²) in [5.74, 6) is 0.590. The number of benzene rings is 2. The van der Waals surface area contributed by atoms with Crippen molar-refractivity contribution in [2.24, 2.45) is 5.41 Å². The van der Waals surface area contributed by atoms with Crippen LogP contribution in [0.5, 0.6) is 5.75 Å². The second kappa shape index (κ2) is 7.06. The van der Waals surface area contributed by atoms with Crippen LogP contribution >= 0.6 is 0 Å². The lowest BCUT2D eigenvalue weighted by atomic mass is 9.59. The van der Waals surface area contributed by atoms with Gasteiger partial charge in [-0.3, -0.25) is 10.2 Å². The van der Waals surface area contributed by atoms with E-state index in [-0.39, 0.29) is 10.8 Å². The van der Waals surface area contributed by atoms with Gasteiger partial charge < -0.3 is 9.64 Å². The predicted molar refractivity (Wildman–Crippen MR) is 118 cm³/mol. The van der Waals surface area contributed by atoms with Gasteiger partial charge in [-0.1, -0.05) is 45.4 Å². The molecule has 0 radical (unpaired) electrons. The van der Waals surface area contributed by atoms with E-state index in [4.69, 9.17) is 4.74 Å². The van der Waals surface area contributed by atoms with Crippen molar-refractivity contribution in [1.29, 1.82) is 0 Å². The third-order valence-corrected chi connectivity index (χ3v) is 7.23. The highest BCUT2D eigenvalue weighted by Gasteiger charge is 2.61. The van der Waals surface area contributed by atoms with Gasteiger partial charge in [-0.05, 0) is 54.8 Å². The van der Waals surface area contributed by atoms with Crippen LogP contribution in [0.3, 0.4) is 0 Å². The molecule has 2 aliphatic rings. The van der Waals surface area contributed by atoms with Crippen molar-refractivity contribution < 1.29 is 9.53 Å². The van der Waals surface area contributed by atoms with Gasteiger partial charge in [-0.25, -0.2) is 4.79 Å². The smallest absolute Gasteiger partial charge is 0.410 e. The summed E-state index contributed by atoms with van der Waals surface area (Å²) >= 11 is 0. The standard InChI is InChI=1S/C24H31N3O2/c1-6-23(2,3)24-14-15-26(4)21(24)27(5)20-13-12-18(16-19(20)24)29-22(28)25-17-10-8-7-9-11-17/h7-13,16,21H,6,14-15H2,1-5H3,(H,25,28)/t21-,24-/m1/s1. The molecule has 1 fully saturated rings. The minimum absolute atomic E-state index is 0.00978. The molecule has 2 aliphatic heterocycles. The highest BCUT2D eigenvalue weighted by atomic mass is 16.6. The zero-order valence-electron chi connectivity index (χ0n) is 18.0. The maximum atomic E-state index is 12.4. The van der Waals surface area contributed by atoms with Crippen LogP contribution in [0.1, 0.15) is 39.2 Å². The molecule has 1 saturated heterocycles. The molecule has 2 heterocycles. The van der Waals surface area contributed by atoms with Crippen LogP contribution < -0.4 is 15.0 Å². The highest BCUT2D eigenvalue weighted by molar-refractivity contribution is 5.86. The van der Waals surface area contributed by atoms with E-state index >= 15 is 0 Å². The molecule has 154 valence electrons. The third kappa shape index (κ3) is 2.99. The summed E-state index contributed by atoms with van der Waals surface area (Å²) in [4.78, 5) is 17.3. The fraction of sp³-hybridized carbons (Fsp3) is 0.458. The van der Waals surface area contributed by atoms with Crippen molar-refractivity contribution in [2.75, 3.05) is 30.9 Å². The minimum atomic E-state index is -0.466. The number of carbonyl (C=O) groups is 1. The summed E-state index contributed by atoms with van der Waals surface area (Å²) in [6.45, 7) is 8.09. The average molecular weight is 394 g/mol. The maximum Gasteiger partial charge on any atom is 0.417 e. The van der Waals surface area contributed by atoms with Gasteiger partial charge in [0.15, 0.2) is 0 Å². The summed E-state index contributed by atoms with van der Waals surface area (Å²) in [6.07, 6.45) is 2.04. The first-order valence-electron chi connectivity index (χ1n) is 10.4. The number of amides is 1. The first kappa shape index (κ1) is 19.8. The molecule has 0 saturated carbocycles. The van der Waals surface area contributed by atoms with Crippen LogP contribution in [0.4, 0.5) is 16.2 Å². The van der Waals surface area contributed by atoms with E-state index in [1.54, 1.807) is 0 Å². The summed E-state index contributed by atoms with van der Waals surface area (Å²) in [5.41, 5.74) is 3.38. The van der Waals surface area contributed by atoms with Crippen molar-refractivity contribution in [3.05, 3.63) is 54.1 Å². The quantitative estimate of drug-likeness (QED) is 0.786. The number of para-hydroxylation sites is 1. The Morgan fingerprint density at radius 2 is 1.93 bits per heavy atom. The summed E-state index contributed by atoms with van der Waals surface area (Å²) in [6, 6.07) is 15.5. The lowest BCUT2D eigenvalue weighted by Crippen LogP contribution is -2.53. The number of nitrogens with zero attached hydrogens (tertiary/aromatic N) is 2. The van der Waals surface area contributed by atoms with Crippen LogP contribution in [-0.2, 0) is 5.41 Å². The number of nitrogens with one attached hydrogen (secondary N) is 1. The number of hydrogen-bond donors (Lipinski definition) is 1. The Morgan fingerprint density at radius 1 is 1.21 bits per heavy atom. The molecule has 29 heavy (non-hydrogen) atoms. The van der Waals surface area contributed by atoms with Crippen molar-refractivity contribution in [1.82, 2.24) is 4.90 Å². The minimum Gasteiger partial charge on any atom is -0.410 e. The number of likely N-dealkylation sites (N-methyl/N-ethyl adjacent to an activating group) is 2. The monoisotopic (exact) mass is 393 g/mol. The van der Waals surface area contributed by atoms with E-state index in [1.165, 1.54) is 11.3 Å². The molecule has 0 bridgehead atoms. The van der Waals surface area contributed by atoms with Gasteiger partial charge in [0, 0.05) is 30.4 Å². The van der Waals surface area contributed by atoms with Gasteiger partial charge in [-0.15, -0.1) is 0 Å². The van der Waals surface area contributed by atoms with E-state index in [9.17, 15) is 4.79 Å². The Hall–Kier alpha value is -2.53. The number of carbonyl (C=O) groups excluding carboxylic acids is 1. The van der Waals surface area contributed by atoms with E-state index in [0.29, 0.717) is 11.9 Å². The van der Waals surface area contributed by atoms with E-state index < -0.39 is 6.09 Å². The molecular weight excluding hydrogens is 362 g/mol. The van der Waals surface area contributed by atoms with Gasteiger partial charge in [0.25, 0.3) is 0 Å².